The molecule has 0 bridgehead atoms. The van der Waals surface area contributed by atoms with Crippen LogP contribution in [0.1, 0.15) is 33.1 Å². The van der Waals surface area contributed by atoms with Crippen LogP contribution in [-0.4, -0.2) is 60.1 Å². The van der Waals surface area contributed by atoms with Crippen molar-refractivity contribution in [2.24, 2.45) is 17.8 Å². The summed E-state index contributed by atoms with van der Waals surface area (Å²) in [6, 6.07) is 0. The van der Waals surface area contributed by atoms with Crippen molar-refractivity contribution in [3.63, 3.8) is 0 Å². The van der Waals surface area contributed by atoms with E-state index >= 15 is 0 Å². The largest absolute Gasteiger partial charge is 0.396 e. The zero-order chi connectivity index (χ0) is 13.8. The lowest BCUT2D eigenvalue weighted by atomic mass is 9.96. The van der Waals surface area contributed by atoms with Crippen molar-refractivity contribution in [3.05, 3.63) is 0 Å². The molecule has 2 rings (SSSR count). The third-order valence-electron chi connectivity index (χ3n) is 4.43. The summed E-state index contributed by atoms with van der Waals surface area (Å²) in [6.45, 7) is 9.53. The number of aliphatic hydroxyl groups is 1. The summed E-state index contributed by atoms with van der Waals surface area (Å²) in [6.07, 6.45) is 2.95. The van der Waals surface area contributed by atoms with E-state index in [1.807, 2.05) is 4.90 Å². The SMILES string of the molecule is CC(C)CN1CCC(C(=O)N2CCC(CO)CC2)C1. The Bertz CT molecular complexity index is 299. The van der Waals surface area contributed by atoms with Gasteiger partial charge >= 0.3 is 0 Å². The van der Waals surface area contributed by atoms with Gasteiger partial charge in [-0.3, -0.25) is 4.79 Å². The molecule has 2 fully saturated rings. The summed E-state index contributed by atoms with van der Waals surface area (Å²) in [5.41, 5.74) is 0. The molecule has 1 N–H and O–H groups in total. The molecular weight excluding hydrogens is 240 g/mol. The molecule has 0 aromatic rings. The number of aliphatic hydroxyl groups excluding tert-OH is 1. The molecule has 19 heavy (non-hydrogen) atoms. The van der Waals surface area contributed by atoms with E-state index in [0.29, 0.717) is 17.7 Å². The summed E-state index contributed by atoms with van der Waals surface area (Å²) in [4.78, 5) is 16.9. The molecule has 1 unspecified atom stereocenters. The maximum Gasteiger partial charge on any atom is 0.227 e. The number of carbonyl (C=O) groups excluding carboxylic acids is 1. The molecule has 110 valence electrons. The highest BCUT2D eigenvalue weighted by molar-refractivity contribution is 5.79. The molecule has 0 saturated carbocycles. The summed E-state index contributed by atoms with van der Waals surface area (Å²) < 4.78 is 0. The van der Waals surface area contributed by atoms with Crippen molar-refractivity contribution in [1.29, 1.82) is 0 Å². The average Bonchev–Trinajstić information content (AvgIpc) is 2.85. The zero-order valence-electron chi connectivity index (χ0n) is 12.3. The minimum Gasteiger partial charge on any atom is -0.396 e. The first-order valence-corrected chi connectivity index (χ1v) is 7.72. The van der Waals surface area contributed by atoms with E-state index in [0.717, 1.165) is 52.0 Å². The number of amides is 1. The lowest BCUT2D eigenvalue weighted by Gasteiger charge is -2.33. The second-order valence-electron chi connectivity index (χ2n) is 6.59. The first-order valence-electron chi connectivity index (χ1n) is 7.72. The van der Waals surface area contributed by atoms with Gasteiger partial charge in [-0.05, 0) is 37.6 Å². The van der Waals surface area contributed by atoms with Crippen LogP contribution in [-0.2, 0) is 4.79 Å². The first kappa shape index (κ1) is 14.8. The molecule has 0 aromatic heterocycles. The Kier molecular flexibility index (Phi) is 5.22. The van der Waals surface area contributed by atoms with Crippen molar-refractivity contribution in [2.75, 3.05) is 39.3 Å². The third-order valence-corrected chi connectivity index (χ3v) is 4.43. The summed E-state index contributed by atoms with van der Waals surface area (Å²) in [7, 11) is 0. The minimum atomic E-state index is 0.212. The van der Waals surface area contributed by atoms with Gasteiger partial charge in [0.1, 0.15) is 0 Å². The normalized spacial score (nSPS) is 26.3. The van der Waals surface area contributed by atoms with Crippen LogP contribution >= 0.6 is 0 Å². The Hall–Kier alpha value is -0.610. The van der Waals surface area contributed by atoms with Gasteiger partial charge in [0.15, 0.2) is 0 Å². The molecule has 0 radical (unpaired) electrons. The lowest BCUT2D eigenvalue weighted by molar-refractivity contribution is -0.136. The molecule has 2 aliphatic heterocycles. The first-order chi connectivity index (χ1) is 9.10. The van der Waals surface area contributed by atoms with Crippen LogP contribution < -0.4 is 0 Å². The number of piperidine rings is 1. The van der Waals surface area contributed by atoms with Crippen LogP contribution in [0.2, 0.25) is 0 Å². The van der Waals surface area contributed by atoms with E-state index in [-0.39, 0.29) is 12.5 Å². The molecule has 4 nitrogen and oxygen atoms in total. The second kappa shape index (κ2) is 6.71. The van der Waals surface area contributed by atoms with Crippen LogP contribution in [0.4, 0.5) is 0 Å². The fourth-order valence-electron chi connectivity index (χ4n) is 3.31. The Balaban J connectivity index is 1.78. The minimum absolute atomic E-state index is 0.212. The molecule has 0 aromatic carbocycles. The molecule has 1 amide bonds. The van der Waals surface area contributed by atoms with Crippen molar-refractivity contribution in [1.82, 2.24) is 9.80 Å². The molecule has 4 heteroatoms. The monoisotopic (exact) mass is 268 g/mol. The summed E-state index contributed by atoms with van der Waals surface area (Å²) in [5.74, 6) is 1.64. The van der Waals surface area contributed by atoms with Gasteiger partial charge in [0.05, 0.1) is 5.92 Å². The highest BCUT2D eigenvalue weighted by Gasteiger charge is 2.32. The maximum absolute atomic E-state index is 12.5. The van der Waals surface area contributed by atoms with Crippen molar-refractivity contribution < 1.29 is 9.90 Å². The van der Waals surface area contributed by atoms with Crippen LogP contribution in [0.5, 0.6) is 0 Å². The standard InChI is InChI=1S/C15H28N2O2/c1-12(2)9-16-6-5-14(10-16)15(19)17-7-3-13(11-18)4-8-17/h12-14,18H,3-11H2,1-2H3. The van der Waals surface area contributed by atoms with Crippen molar-refractivity contribution in [2.45, 2.75) is 33.1 Å². The van der Waals surface area contributed by atoms with Gasteiger partial charge in [0.2, 0.25) is 5.91 Å². The van der Waals surface area contributed by atoms with E-state index in [1.165, 1.54) is 0 Å². The van der Waals surface area contributed by atoms with Gasteiger partial charge in [-0.1, -0.05) is 13.8 Å². The van der Waals surface area contributed by atoms with Crippen LogP contribution in [0.25, 0.3) is 0 Å². The van der Waals surface area contributed by atoms with E-state index in [9.17, 15) is 4.79 Å². The van der Waals surface area contributed by atoms with E-state index in [4.69, 9.17) is 5.11 Å². The van der Waals surface area contributed by atoms with Gasteiger partial charge in [-0.15, -0.1) is 0 Å². The maximum atomic E-state index is 12.5. The smallest absolute Gasteiger partial charge is 0.227 e. The third kappa shape index (κ3) is 3.93. The quantitative estimate of drug-likeness (QED) is 0.833. The molecule has 0 aliphatic carbocycles. The van der Waals surface area contributed by atoms with E-state index in [1.54, 1.807) is 0 Å². The number of hydrogen-bond donors (Lipinski definition) is 1. The number of rotatable bonds is 4. The lowest BCUT2D eigenvalue weighted by Crippen LogP contribution is -2.43. The molecule has 1 atom stereocenters. The van der Waals surface area contributed by atoms with E-state index in [2.05, 4.69) is 18.7 Å². The molecular formula is C15H28N2O2. The van der Waals surface area contributed by atoms with Crippen LogP contribution in [0, 0.1) is 17.8 Å². The van der Waals surface area contributed by atoms with Crippen molar-refractivity contribution in [3.8, 4) is 0 Å². The van der Waals surface area contributed by atoms with E-state index < -0.39 is 0 Å². The molecule has 2 saturated heterocycles. The average molecular weight is 268 g/mol. The highest BCUT2D eigenvalue weighted by Crippen LogP contribution is 2.23. The molecule has 2 heterocycles. The van der Waals surface area contributed by atoms with Gasteiger partial charge in [0.25, 0.3) is 0 Å². The number of carbonyl (C=O) groups is 1. The number of hydrogen-bond acceptors (Lipinski definition) is 3. The van der Waals surface area contributed by atoms with Gasteiger partial charge < -0.3 is 14.9 Å². The zero-order valence-corrected chi connectivity index (χ0v) is 12.3. The Morgan fingerprint density at radius 1 is 1.21 bits per heavy atom. The molecule has 0 spiro atoms. The Morgan fingerprint density at radius 3 is 2.47 bits per heavy atom. The Labute approximate surface area is 116 Å². The summed E-state index contributed by atoms with van der Waals surface area (Å²) >= 11 is 0. The van der Waals surface area contributed by atoms with Gasteiger partial charge in [0, 0.05) is 32.8 Å². The van der Waals surface area contributed by atoms with Crippen LogP contribution in [0.15, 0.2) is 0 Å². The fraction of sp³-hybridized carbons (Fsp3) is 0.933. The second-order valence-corrected chi connectivity index (χ2v) is 6.59. The fourth-order valence-corrected chi connectivity index (χ4v) is 3.31. The van der Waals surface area contributed by atoms with Gasteiger partial charge in [-0.2, -0.15) is 0 Å². The predicted molar refractivity (Wildman–Crippen MR) is 75.8 cm³/mol. The topological polar surface area (TPSA) is 43.8 Å². The van der Waals surface area contributed by atoms with Crippen molar-refractivity contribution >= 4 is 5.91 Å². The Morgan fingerprint density at radius 2 is 1.89 bits per heavy atom. The number of nitrogens with zero attached hydrogens (tertiary/aromatic N) is 2. The van der Waals surface area contributed by atoms with Crippen LogP contribution in [0.3, 0.4) is 0 Å². The predicted octanol–water partition coefficient (Wildman–Crippen LogP) is 1.20. The molecule has 2 aliphatic rings. The number of likely N-dealkylation sites (tertiary alicyclic amines) is 2. The van der Waals surface area contributed by atoms with Gasteiger partial charge in [-0.25, -0.2) is 0 Å². The summed E-state index contributed by atoms with van der Waals surface area (Å²) in [5, 5.41) is 9.14. The highest BCUT2D eigenvalue weighted by atomic mass is 16.3.